The van der Waals surface area contributed by atoms with E-state index in [1.165, 1.54) is 0 Å². The highest BCUT2D eigenvalue weighted by Gasteiger charge is 2.27. The third kappa shape index (κ3) is 3.73. The number of ether oxygens (including phenoxy) is 1. The van der Waals surface area contributed by atoms with Crippen LogP contribution in [0.4, 0.5) is 5.82 Å². The van der Waals surface area contributed by atoms with Gasteiger partial charge in [0.25, 0.3) is 5.91 Å². The SMILES string of the molecule is CCNc1cc(C(=O)N2CCC(OC)C2)cc(C(C)C)n1. The van der Waals surface area contributed by atoms with Crippen LogP contribution in [-0.4, -0.2) is 48.6 Å². The summed E-state index contributed by atoms with van der Waals surface area (Å²) in [5, 5.41) is 3.20. The number of anilines is 1. The number of carbonyl (C=O) groups excluding carboxylic acids is 1. The Balaban J connectivity index is 2.23. The standard InChI is InChI=1S/C16H25N3O2/c1-5-17-15-9-12(8-14(18-15)11(2)3)16(20)19-7-6-13(10-19)21-4/h8-9,11,13H,5-7,10H2,1-4H3,(H,17,18). The van der Waals surface area contributed by atoms with Crippen molar-refractivity contribution in [3.63, 3.8) is 0 Å². The second kappa shape index (κ2) is 6.89. The van der Waals surface area contributed by atoms with Crippen LogP contribution in [0.3, 0.4) is 0 Å². The van der Waals surface area contributed by atoms with Gasteiger partial charge in [0.15, 0.2) is 0 Å². The summed E-state index contributed by atoms with van der Waals surface area (Å²) in [5.41, 5.74) is 1.65. The van der Waals surface area contributed by atoms with Gasteiger partial charge in [0.2, 0.25) is 0 Å². The summed E-state index contributed by atoms with van der Waals surface area (Å²) in [6.07, 6.45) is 1.07. The van der Waals surface area contributed by atoms with Crippen LogP contribution in [0.5, 0.6) is 0 Å². The molecule has 5 heteroatoms. The van der Waals surface area contributed by atoms with Crippen LogP contribution >= 0.6 is 0 Å². The smallest absolute Gasteiger partial charge is 0.254 e. The van der Waals surface area contributed by atoms with E-state index in [2.05, 4.69) is 24.1 Å². The highest BCUT2D eigenvalue weighted by atomic mass is 16.5. The number of amides is 1. The van der Waals surface area contributed by atoms with Gasteiger partial charge in [-0.05, 0) is 31.4 Å². The van der Waals surface area contributed by atoms with Crippen LogP contribution in [0.2, 0.25) is 0 Å². The number of likely N-dealkylation sites (tertiary alicyclic amines) is 1. The largest absolute Gasteiger partial charge is 0.380 e. The normalized spacial score (nSPS) is 18.3. The Morgan fingerprint density at radius 3 is 2.86 bits per heavy atom. The molecular formula is C16H25N3O2. The molecule has 1 unspecified atom stereocenters. The monoisotopic (exact) mass is 291 g/mol. The average Bonchev–Trinajstić information content (AvgIpc) is 2.95. The lowest BCUT2D eigenvalue weighted by atomic mass is 10.1. The van der Waals surface area contributed by atoms with Gasteiger partial charge in [-0.2, -0.15) is 0 Å². The lowest BCUT2D eigenvalue weighted by Gasteiger charge is -2.18. The molecule has 1 fully saturated rings. The lowest BCUT2D eigenvalue weighted by molar-refractivity contribution is 0.0724. The summed E-state index contributed by atoms with van der Waals surface area (Å²) in [6.45, 7) is 8.41. The molecule has 116 valence electrons. The number of nitrogens with zero attached hydrogens (tertiary/aromatic N) is 2. The maximum absolute atomic E-state index is 12.7. The Morgan fingerprint density at radius 1 is 1.52 bits per heavy atom. The van der Waals surface area contributed by atoms with E-state index in [9.17, 15) is 4.79 Å². The predicted molar refractivity (Wildman–Crippen MR) is 83.8 cm³/mol. The Bertz CT molecular complexity index is 502. The predicted octanol–water partition coefficient (Wildman–Crippen LogP) is 2.50. The van der Waals surface area contributed by atoms with Gasteiger partial charge in [-0.25, -0.2) is 4.98 Å². The Morgan fingerprint density at radius 2 is 2.29 bits per heavy atom. The summed E-state index contributed by atoms with van der Waals surface area (Å²) >= 11 is 0. The number of rotatable bonds is 5. The maximum atomic E-state index is 12.7. The quantitative estimate of drug-likeness (QED) is 0.905. The maximum Gasteiger partial charge on any atom is 0.254 e. The number of hydrogen-bond acceptors (Lipinski definition) is 4. The minimum absolute atomic E-state index is 0.0676. The van der Waals surface area contributed by atoms with Crippen molar-refractivity contribution in [1.29, 1.82) is 0 Å². The molecule has 0 aliphatic carbocycles. The molecule has 1 aromatic rings. The highest BCUT2D eigenvalue weighted by Crippen LogP contribution is 2.21. The van der Waals surface area contributed by atoms with E-state index in [0.717, 1.165) is 31.0 Å². The minimum atomic E-state index is 0.0676. The number of nitrogens with one attached hydrogen (secondary N) is 1. The van der Waals surface area contributed by atoms with Gasteiger partial charge >= 0.3 is 0 Å². The molecule has 0 saturated carbocycles. The van der Waals surface area contributed by atoms with E-state index >= 15 is 0 Å². The number of methoxy groups -OCH3 is 1. The molecular weight excluding hydrogens is 266 g/mol. The molecule has 1 aliphatic heterocycles. The molecule has 21 heavy (non-hydrogen) atoms. The van der Waals surface area contributed by atoms with E-state index in [1.54, 1.807) is 7.11 Å². The van der Waals surface area contributed by atoms with Gasteiger partial charge in [0.1, 0.15) is 5.82 Å². The van der Waals surface area contributed by atoms with Crippen LogP contribution in [0.25, 0.3) is 0 Å². The number of aromatic nitrogens is 1. The van der Waals surface area contributed by atoms with Crippen molar-refractivity contribution in [2.75, 3.05) is 32.1 Å². The molecule has 1 N–H and O–H groups in total. The first-order valence-electron chi connectivity index (χ1n) is 7.63. The van der Waals surface area contributed by atoms with E-state index in [0.29, 0.717) is 18.0 Å². The van der Waals surface area contributed by atoms with Gasteiger partial charge in [0, 0.05) is 38.0 Å². The van der Waals surface area contributed by atoms with Gasteiger partial charge in [-0.1, -0.05) is 13.8 Å². The first-order valence-corrected chi connectivity index (χ1v) is 7.63. The molecule has 2 rings (SSSR count). The van der Waals surface area contributed by atoms with Crippen LogP contribution in [0.15, 0.2) is 12.1 Å². The van der Waals surface area contributed by atoms with Gasteiger partial charge in [-0.15, -0.1) is 0 Å². The molecule has 0 aromatic carbocycles. The third-order valence-electron chi connectivity index (χ3n) is 3.81. The molecule has 1 atom stereocenters. The van der Waals surface area contributed by atoms with E-state index < -0.39 is 0 Å². The van der Waals surface area contributed by atoms with Crippen LogP contribution in [0.1, 0.15) is 49.2 Å². The molecule has 1 aliphatic rings. The van der Waals surface area contributed by atoms with Crippen molar-refractivity contribution in [1.82, 2.24) is 9.88 Å². The third-order valence-corrected chi connectivity index (χ3v) is 3.81. The lowest BCUT2D eigenvalue weighted by Crippen LogP contribution is -2.30. The van der Waals surface area contributed by atoms with Crippen molar-refractivity contribution in [2.45, 2.75) is 39.2 Å². The topological polar surface area (TPSA) is 54.5 Å². The van der Waals surface area contributed by atoms with Gasteiger partial charge in [-0.3, -0.25) is 4.79 Å². The fraction of sp³-hybridized carbons (Fsp3) is 0.625. The summed E-state index contributed by atoms with van der Waals surface area (Å²) in [4.78, 5) is 19.1. The average molecular weight is 291 g/mol. The molecule has 2 heterocycles. The summed E-state index contributed by atoms with van der Waals surface area (Å²) in [5.74, 6) is 1.13. The Kier molecular flexibility index (Phi) is 5.17. The Labute approximate surface area is 126 Å². The van der Waals surface area contributed by atoms with Crippen LogP contribution < -0.4 is 5.32 Å². The van der Waals surface area contributed by atoms with Crippen LogP contribution in [0, 0.1) is 0 Å². The zero-order valence-electron chi connectivity index (χ0n) is 13.3. The first-order chi connectivity index (χ1) is 10.0. The summed E-state index contributed by atoms with van der Waals surface area (Å²) < 4.78 is 5.33. The van der Waals surface area contributed by atoms with Crippen molar-refractivity contribution in [3.8, 4) is 0 Å². The highest BCUT2D eigenvalue weighted by molar-refractivity contribution is 5.95. The van der Waals surface area contributed by atoms with E-state index in [1.807, 2.05) is 24.0 Å². The fourth-order valence-electron chi connectivity index (χ4n) is 2.53. The van der Waals surface area contributed by atoms with Gasteiger partial charge < -0.3 is 15.0 Å². The second-order valence-corrected chi connectivity index (χ2v) is 5.75. The van der Waals surface area contributed by atoms with Crippen molar-refractivity contribution in [3.05, 3.63) is 23.4 Å². The molecule has 1 aromatic heterocycles. The molecule has 5 nitrogen and oxygen atoms in total. The number of hydrogen-bond donors (Lipinski definition) is 1. The summed E-state index contributed by atoms with van der Waals surface area (Å²) in [6, 6.07) is 3.76. The molecule has 0 spiro atoms. The zero-order valence-corrected chi connectivity index (χ0v) is 13.3. The van der Waals surface area contributed by atoms with Crippen molar-refractivity contribution >= 4 is 11.7 Å². The number of pyridine rings is 1. The van der Waals surface area contributed by atoms with Crippen molar-refractivity contribution < 1.29 is 9.53 Å². The molecule has 1 saturated heterocycles. The van der Waals surface area contributed by atoms with Crippen LogP contribution in [-0.2, 0) is 4.74 Å². The summed E-state index contributed by atoms with van der Waals surface area (Å²) in [7, 11) is 1.70. The van der Waals surface area contributed by atoms with E-state index in [4.69, 9.17) is 4.74 Å². The second-order valence-electron chi connectivity index (χ2n) is 5.75. The van der Waals surface area contributed by atoms with E-state index in [-0.39, 0.29) is 12.0 Å². The molecule has 0 radical (unpaired) electrons. The zero-order chi connectivity index (χ0) is 15.4. The minimum Gasteiger partial charge on any atom is -0.380 e. The van der Waals surface area contributed by atoms with Crippen molar-refractivity contribution in [2.24, 2.45) is 0 Å². The number of carbonyl (C=O) groups is 1. The molecule has 0 bridgehead atoms. The fourth-order valence-corrected chi connectivity index (χ4v) is 2.53. The van der Waals surface area contributed by atoms with Gasteiger partial charge in [0.05, 0.1) is 6.10 Å². The first kappa shape index (κ1) is 15.8. The molecule has 1 amide bonds. The Hall–Kier alpha value is -1.62.